The fourth-order valence-corrected chi connectivity index (χ4v) is 3.01. The Bertz CT molecular complexity index is 263. The van der Waals surface area contributed by atoms with Gasteiger partial charge in [0.05, 0.1) is 6.54 Å². The zero-order valence-corrected chi connectivity index (χ0v) is 10.9. The molecule has 1 atom stereocenters. The van der Waals surface area contributed by atoms with Gasteiger partial charge in [-0.15, -0.1) is 0 Å². The second-order valence-corrected chi connectivity index (χ2v) is 5.43. The number of piperazine rings is 1. The van der Waals surface area contributed by atoms with Gasteiger partial charge in [-0.05, 0) is 19.8 Å². The summed E-state index contributed by atoms with van der Waals surface area (Å²) in [5, 5.41) is 0. The number of nitrogens with zero attached hydrogens (tertiary/aromatic N) is 2. The van der Waals surface area contributed by atoms with Crippen LogP contribution in [0.4, 0.5) is 0 Å². The van der Waals surface area contributed by atoms with Gasteiger partial charge in [-0.25, -0.2) is 0 Å². The van der Waals surface area contributed by atoms with E-state index in [-0.39, 0.29) is 0 Å². The fourth-order valence-electron chi connectivity index (χ4n) is 3.01. The maximum absolute atomic E-state index is 12.2. The van der Waals surface area contributed by atoms with E-state index >= 15 is 0 Å². The van der Waals surface area contributed by atoms with Crippen LogP contribution in [-0.2, 0) is 4.79 Å². The summed E-state index contributed by atoms with van der Waals surface area (Å²) in [6, 6.07) is 0.846. The van der Waals surface area contributed by atoms with E-state index in [9.17, 15) is 4.79 Å². The highest BCUT2D eigenvalue weighted by Crippen LogP contribution is 2.24. The molecule has 2 rings (SSSR count). The van der Waals surface area contributed by atoms with Gasteiger partial charge in [0, 0.05) is 31.7 Å². The second-order valence-electron chi connectivity index (χ2n) is 5.43. The Morgan fingerprint density at radius 1 is 1.29 bits per heavy atom. The van der Waals surface area contributed by atoms with Crippen molar-refractivity contribution in [1.29, 1.82) is 0 Å². The molecule has 1 amide bonds. The molecule has 2 aliphatic rings. The van der Waals surface area contributed by atoms with Crippen molar-refractivity contribution in [1.82, 2.24) is 9.80 Å². The van der Waals surface area contributed by atoms with E-state index in [0.717, 1.165) is 13.1 Å². The smallest absolute Gasteiger partial charge is 0.237 e. The lowest BCUT2D eigenvalue weighted by Crippen LogP contribution is -2.57. The number of carbonyl (C=O) groups excluding carboxylic acids is 1. The number of amides is 1. The van der Waals surface area contributed by atoms with Crippen LogP contribution in [0.1, 0.15) is 39.0 Å². The third-order valence-electron chi connectivity index (χ3n) is 4.27. The highest BCUT2D eigenvalue weighted by Gasteiger charge is 2.31. The Morgan fingerprint density at radius 3 is 2.59 bits per heavy atom. The van der Waals surface area contributed by atoms with E-state index in [2.05, 4.69) is 16.7 Å². The van der Waals surface area contributed by atoms with Gasteiger partial charge in [-0.3, -0.25) is 9.69 Å². The van der Waals surface area contributed by atoms with Crippen molar-refractivity contribution in [2.24, 2.45) is 5.73 Å². The molecule has 1 saturated heterocycles. The van der Waals surface area contributed by atoms with Crippen LogP contribution in [0, 0.1) is 0 Å². The summed E-state index contributed by atoms with van der Waals surface area (Å²) in [6.07, 6.45) is 6.33. The summed E-state index contributed by atoms with van der Waals surface area (Å²) in [5.74, 6) is 0.309. The topological polar surface area (TPSA) is 49.6 Å². The van der Waals surface area contributed by atoms with Gasteiger partial charge in [0.15, 0.2) is 0 Å². The highest BCUT2D eigenvalue weighted by molar-refractivity contribution is 5.79. The normalized spacial score (nSPS) is 26.2. The number of hydrogen-bond acceptors (Lipinski definition) is 3. The predicted octanol–water partition coefficient (Wildman–Crippen LogP) is 0.811. The molecule has 98 valence electrons. The summed E-state index contributed by atoms with van der Waals surface area (Å²) in [6.45, 7) is 5.18. The summed E-state index contributed by atoms with van der Waals surface area (Å²) >= 11 is 0. The molecule has 4 nitrogen and oxygen atoms in total. The lowest BCUT2D eigenvalue weighted by Gasteiger charge is -2.42. The summed E-state index contributed by atoms with van der Waals surface area (Å²) in [5.41, 5.74) is 5.66. The highest BCUT2D eigenvalue weighted by atomic mass is 16.2. The summed E-state index contributed by atoms with van der Waals surface area (Å²) < 4.78 is 0. The van der Waals surface area contributed by atoms with Crippen molar-refractivity contribution < 1.29 is 4.79 Å². The molecule has 4 heteroatoms. The molecule has 1 aliphatic heterocycles. The third kappa shape index (κ3) is 2.99. The average Bonchev–Trinajstić information content (AvgIpc) is 2.38. The van der Waals surface area contributed by atoms with Crippen LogP contribution in [-0.4, -0.2) is 54.0 Å². The molecule has 1 unspecified atom stereocenters. The number of hydrogen-bond donors (Lipinski definition) is 1. The van der Waals surface area contributed by atoms with Crippen LogP contribution in [0.3, 0.4) is 0 Å². The summed E-state index contributed by atoms with van der Waals surface area (Å²) in [4.78, 5) is 16.5. The first-order valence-corrected chi connectivity index (χ1v) is 6.96. The van der Waals surface area contributed by atoms with E-state index in [1.807, 2.05) is 0 Å². The Balaban J connectivity index is 1.89. The number of nitrogens with two attached hydrogens (primary N) is 1. The van der Waals surface area contributed by atoms with Crippen LogP contribution in [0.2, 0.25) is 0 Å². The maximum atomic E-state index is 12.2. The minimum absolute atomic E-state index is 0.309. The SMILES string of the molecule is CC(CN)N1CCN(C2CCCCC2)C(=O)C1. The molecule has 0 bridgehead atoms. The van der Waals surface area contributed by atoms with Crippen LogP contribution in [0.25, 0.3) is 0 Å². The molecule has 0 aromatic carbocycles. The summed E-state index contributed by atoms with van der Waals surface area (Å²) in [7, 11) is 0. The van der Waals surface area contributed by atoms with Gasteiger partial charge >= 0.3 is 0 Å². The lowest BCUT2D eigenvalue weighted by molar-refractivity contribution is -0.140. The zero-order chi connectivity index (χ0) is 12.3. The molecule has 0 spiro atoms. The average molecular weight is 239 g/mol. The van der Waals surface area contributed by atoms with Crippen molar-refractivity contribution in [3.8, 4) is 0 Å². The monoisotopic (exact) mass is 239 g/mol. The van der Waals surface area contributed by atoms with E-state index in [1.165, 1.54) is 32.1 Å². The van der Waals surface area contributed by atoms with E-state index in [1.54, 1.807) is 0 Å². The van der Waals surface area contributed by atoms with Gasteiger partial charge in [-0.1, -0.05) is 19.3 Å². The van der Waals surface area contributed by atoms with Crippen molar-refractivity contribution in [3.05, 3.63) is 0 Å². The molecule has 2 fully saturated rings. The van der Waals surface area contributed by atoms with E-state index in [4.69, 9.17) is 5.73 Å². The zero-order valence-electron chi connectivity index (χ0n) is 10.9. The molecule has 0 aromatic rings. The molecule has 0 radical (unpaired) electrons. The molecule has 1 saturated carbocycles. The quantitative estimate of drug-likeness (QED) is 0.793. The Kier molecular flexibility index (Phi) is 4.40. The minimum atomic E-state index is 0.309. The lowest BCUT2D eigenvalue weighted by atomic mass is 9.93. The molecule has 1 aliphatic carbocycles. The van der Waals surface area contributed by atoms with Crippen molar-refractivity contribution >= 4 is 5.91 Å². The second kappa shape index (κ2) is 5.83. The molecule has 1 heterocycles. The van der Waals surface area contributed by atoms with Gasteiger partial charge < -0.3 is 10.6 Å². The van der Waals surface area contributed by atoms with Crippen LogP contribution in [0.15, 0.2) is 0 Å². The van der Waals surface area contributed by atoms with Crippen LogP contribution < -0.4 is 5.73 Å². The standard InChI is InChI=1S/C13H25N3O/c1-11(9-14)15-7-8-16(13(17)10-15)12-5-3-2-4-6-12/h11-12H,2-10,14H2,1H3. The Morgan fingerprint density at radius 2 is 2.00 bits per heavy atom. The van der Waals surface area contributed by atoms with Crippen molar-refractivity contribution in [2.75, 3.05) is 26.2 Å². The van der Waals surface area contributed by atoms with Crippen molar-refractivity contribution in [2.45, 2.75) is 51.1 Å². The Labute approximate surface area is 104 Å². The van der Waals surface area contributed by atoms with Gasteiger partial charge in [0.1, 0.15) is 0 Å². The largest absolute Gasteiger partial charge is 0.337 e. The Hall–Kier alpha value is -0.610. The van der Waals surface area contributed by atoms with E-state index in [0.29, 0.717) is 31.1 Å². The van der Waals surface area contributed by atoms with Gasteiger partial charge in [-0.2, -0.15) is 0 Å². The fraction of sp³-hybridized carbons (Fsp3) is 0.923. The minimum Gasteiger partial charge on any atom is -0.337 e. The van der Waals surface area contributed by atoms with E-state index < -0.39 is 0 Å². The molecule has 0 aromatic heterocycles. The van der Waals surface area contributed by atoms with Crippen molar-refractivity contribution in [3.63, 3.8) is 0 Å². The molecular weight excluding hydrogens is 214 g/mol. The number of carbonyl (C=O) groups is 1. The maximum Gasteiger partial charge on any atom is 0.237 e. The molecule has 2 N–H and O–H groups in total. The predicted molar refractivity (Wildman–Crippen MR) is 68.7 cm³/mol. The molecule has 17 heavy (non-hydrogen) atoms. The third-order valence-corrected chi connectivity index (χ3v) is 4.27. The first-order valence-electron chi connectivity index (χ1n) is 6.96. The van der Waals surface area contributed by atoms with Crippen LogP contribution in [0.5, 0.6) is 0 Å². The first kappa shape index (κ1) is 12.8. The van der Waals surface area contributed by atoms with Crippen LogP contribution >= 0.6 is 0 Å². The first-order chi connectivity index (χ1) is 8.22. The van der Waals surface area contributed by atoms with Gasteiger partial charge in [0.25, 0.3) is 0 Å². The van der Waals surface area contributed by atoms with Gasteiger partial charge in [0.2, 0.25) is 5.91 Å². The molecular formula is C13H25N3O. The number of rotatable bonds is 3.